The zero-order valence-corrected chi connectivity index (χ0v) is 14.6. The lowest BCUT2D eigenvalue weighted by molar-refractivity contribution is 0.0588. The van der Waals surface area contributed by atoms with Crippen molar-refractivity contribution < 1.29 is 27.8 Å². The molecule has 0 saturated heterocycles. The minimum atomic E-state index is -1.02. The second-order valence-electron chi connectivity index (χ2n) is 5.68. The van der Waals surface area contributed by atoms with Crippen molar-refractivity contribution in [3.63, 3.8) is 0 Å². The van der Waals surface area contributed by atoms with Gasteiger partial charge in [0, 0.05) is 24.4 Å². The molecule has 0 saturated carbocycles. The summed E-state index contributed by atoms with van der Waals surface area (Å²) in [5.41, 5.74) is 1.62. The number of benzene rings is 1. The molecule has 25 heavy (non-hydrogen) atoms. The van der Waals surface area contributed by atoms with Crippen molar-refractivity contribution in [3.05, 3.63) is 52.3 Å². The monoisotopic (exact) mass is 351 g/mol. The number of methoxy groups -OCH3 is 1. The summed E-state index contributed by atoms with van der Waals surface area (Å²) < 4.78 is 38.3. The predicted octanol–water partition coefficient (Wildman–Crippen LogP) is 3.36. The zero-order valence-electron chi connectivity index (χ0n) is 14.6. The Morgan fingerprint density at radius 3 is 2.40 bits per heavy atom. The van der Waals surface area contributed by atoms with Crippen LogP contribution in [0.25, 0.3) is 0 Å². The number of hydrogen-bond acceptors (Lipinski definition) is 4. The highest BCUT2D eigenvalue weighted by atomic mass is 19.1. The van der Waals surface area contributed by atoms with Crippen LogP contribution in [0.5, 0.6) is 5.75 Å². The molecule has 0 spiro atoms. The van der Waals surface area contributed by atoms with Gasteiger partial charge in [-0.15, -0.1) is 0 Å². The lowest BCUT2D eigenvalue weighted by atomic mass is 10.0. The first kappa shape index (κ1) is 18.6. The van der Waals surface area contributed by atoms with E-state index in [1.807, 2.05) is 0 Å². The maximum atomic E-state index is 13.7. The van der Waals surface area contributed by atoms with Gasteiger partial charge in [-0.2, -0.15) is 0 Å². The second-order valence-corrected chi connectivity index (χ2v) is 5.68. The second kappa shape index (κ2) is 7.04. The van der Waals surface area contributed by atoms with E-state index in [0.29, 0.717) is 22.9 Å². The van der Waals surface area contributed by atoms with E-state index in [0.717, 1.165) is 12.1 Å². The molecule has 0 aliphatic carbocycles. The molecule has 0 unspecified atom stereocenters. The SMILES string of the molecule is COC(=O)c1c(C)c(C(=O)[C@@H](C)Oc2ccc(F)cc2F)c(C)n1C. The van der Waals surface area contributed by atoms with Crippen LogP contribution in [-0.4, -0.2) is 29.5 Å². The molecule has 7 heteroatoms. The van der Waals surface area contributed by atoms with Gasteiger partial charge in [0.25, 0.3) is 0 Å². The Labute approximate surface area is 144 Å². The Hall–Kier alpha value is -2.70. The van der Waals surface area contributed by atoms with E-state index in [1.165, 1.54) is 14.0 Å². The number of rotatable bonds is 5. The van der Waals surface area contributed by atoms with E-state index in [9.17, 15) is 18.4 Å². The maximum absolute atomic E-state index is 13.7. The minimum absolute atomic E-state index is 0.221. The van der Waals surface area contributed by atoms with Crippen LogP contribution in [0.3, 0.4) is 0 Å². The summed E-state index contributed by atoms with van der Waals surface area (Å²) in [5.74, 6) is -2.82. The van der Waals surface area contributed by atoms with Gasteiger partial charge < -0.3 is 14.0 Å². The van der Waals surface area contributed by atoms with Gasteiger partial charge in [0.2, 0.25) is 5.78 Å². The summed E-state index contributed by atoms with van der Waals surface area (Å²) in [6, 6.07) is 2.85. The molecule has 0 aliphatic rings. The van der Waals surface area contributed by atoms with Gasteiger partial charge in [-0.05, 0) is 38.5 Å². The smallest absolute Gasteiger partial charge is 0.354 e. The quantitative estimate of drug-likeness (QED) is 0.612. The average molecular weight is 351 g/mol. The number of hydrogen-bond donors (Lipinski definition) is 0. The highest BCUT2D eigenvalue weighted by Crippen LogP contribution is 2.25. The van der Waals surface area contributed by atoms with Crippen molar-refractivity contribution >= 4 is 11.8 Å². The third-order valence-electron chi connectivity index (χ3n) is 4.12. The van der Waals surface area contributed by atoms with Crippen LogP contribution in [-0.2, 0) is 11.8 Å². The number of Topliss-reactive ketones (excluding diaryl/α,β-unsaturated/α-hetero) is 1. The van der Waals surface area contributed by atoms with Gasteiger partial charge in [0.05, 0.1) is 7.11 Å². The Balaban J connectivity index is 2.35. The molecule has 134 valence electrons. The summed E-state index contributed by atoms with van der Waals surface area (Å²) in [6.07, 6.45) is -1.02. The first-order valence-corrected chi connectivity index (χ1v) is 7.59. The lowest BCUT2D eigenvalue weighted by Crippen LogP contribution is -2.25. The van der Waals surface area contributed by atoms with Crippen molar-refractivity contribution in [3.8, 4) is 5.75 Å². The van der Waals surface area contributed by atoms with Crippen molar-refractivity contribution in [2.45, 2.75) is 26.9 Å². The van der Waals surface area contributed by atoms with Crippen LogP contribution < -0.4 is 4.74 Å². The van der Waals surface area contributed by atoms with E-state index in [-0.39, 0.29) is 11.4 Å². The number of ketones is 1. The molecule has 0 fully saturated rings. The molecule has 1 aromatic heterocycles. The minimum Gasteiger partial charge on any atom is -0.479 e. The van der Waals surface area contributed by atoms with Gasteiger partial charge in [-0.3, -0.25) is 4.79 Å². The number of ether oxygens (including phenoxy) is 2. The lowest BCUT2D eigenvalue weighted by Gasteiger charge is -2.15. The third kappa shape index (κ3) is 3.40. The topological polar surface area (TPSA) is 57.5 Å². The van der Waals surface area contributed by atoms with Crippen LogP contribution in [0.2, 0.25) is 0 Å². The molecular weight excluding hydrogens is 332 g/mol. The zero-order chi connectivity index (χ0) is 18.9. The first-order valence-electron chi connectivity index (χ1n) is 7.59. The fourth-order valence-corrected chi connectivity index (χ4v) is 2.74. The van der Waals surface area contributed by atoms with Gasteiger partial charge in [-0.25, -0.2) is 13.6 Å². The van der Waals surface area contributed by atoms with Crippen LogP contribution in [0, 0.1) is 25.5 Å². The summed E-state index contributed by atoms with van der Waals surface area (Å²) in [5, 5.41) is 0. The fourth-order valence-electron chi connectivity index (χ4n) is 2.74. The number of nitrogens with zero attached hydrogens (tertiary/aromatic N) is 1. The molecule has 2 aromatic rings. The molecular formula is C18H19F2NO4. The van der Waals surface area contributed by atoms with Crippen LogP contribution in [0.4, 0.5) is 8.78 Å². The highest BCUT2D eigenvalue weighted by Gasteiger charge is 2.29. The number of esters is 1. The predicted molar refractivity (Wildman–Crippen MR) is 87.0 cm³/mol. The average Bonchev–Trinajstić information content (AvgIpc) is 2.78. The molecule has 1 aromatic carbocycles. The van der Waals surface area contributed by atoms with Crippen LogP contribution >= 0.6 is 0 Å². The molecule has 1 heterocycles. The summed E-state index contributed by atoms with van der Waals surface area (Å²) in [6.45, 7) is 4.80. The molecule has 0 bridgehead atoms. The van der Waals surface area contributed by atoms with Gasteiger partial charge in [0.15, 0.2) is 17.7 Å². The van der Waals surface area contributed by atoms with Gasteiger partial charge in [0.1, 0.15) is 11.5 Å². The van der Waals surface area contributed by atoms with Gasteiger partial charge >= 0.3 is 5.97 Å². The Kier molecular flexibility index (Phi) is 5.25. The van der Waals surface area contributed by atoms with E-state index >= 15 is 0 Å². The number of halogens is 2. The van der Waals surface area contributed by atoms with Crippen LogP contribution in [0.15, 0.2) is 18.2 Å². The number of carbonyl (C=O) groups excluding carboxylic acids is 2. The summed E-state index contributed by atoms with van der Waals surface area (Å²) >= 11 is 0. The summed E-state index contributed by atoms with van der Waals surface area (Å²) in [7, 11) is 2.91. The van der Waals surface area contributed by atoms with Gasteiger partial charge in [-0.1, -0.05) is 0 Å². The van der Waals surface area contributed by atoms with E-state index in [1.54, 1.807) is 25.5 Å². The molecule has 0 N–H and O–H groups in total. The van der Waals surface area contributed by atoms with Crippen LogP contribution in [0.1, 0.15) is 39.0 Å². The Morgan fingerprint density at radius 1 is 1.20 bits per heavy atom. The molecule has 0 amide bonds. The Morgan fingerprint density at radius 2 is 1.84 bits per heavy atom. The molecule has 5 nitrogen and oxygen atoms in total. The number of carbonyl (C=O) groups is 2. The van der Waals surface area contributed by atoms with E-state index in [4.69, 9.17) is 9.47 Å². The van der Waals surface area contributed by atoms with E-state index in [2.05, 4.69) is 0 Å². The third-order valence-corrected chi connectivity index (χ3v) is 4.12. The fraction of sp³-hybridized carbons (Fsp3) is 0.333. The highest BCUT2D eigenvalue weighted by molar-refractivity contribution is 6.04. The van der Waals surface area contributed by atoms with Crippen molar-refractivity contribution in [2.24, 2.45) is 7.05 Å². The Bertz CT molecular complexity index is 842. The standard InChI is InChI=1S/C18H19F2NO4/c1-9-15(10(2)21(4)16(9)18(23)24-5)17(22)11(3)25-14-7-6-12(19)8-13(14)20/h6-8,11H,1-5H3/t11-/m1/s1. The molecule has 0 aliphatic heterocycles. The van der Waals surface area contributed by atoms with Crippen molar-refractivity contribution in [2.75, 3.05) is 7.11 Å². The normalized spacial score (nSPS) is 12.0. The van der Waals surface area contributed by atoms with E-state index < -0.39 is 29.5 Å². The number of aromatic nitrogens is 1. The first-order chi connectivity index (χ1) is 11.7. The largest absolute Gasteiger partial charge is 0.479 e. The molecule has 1 atom stereocenters. The summed E-state index contributed by atoms with van der Waals surface area (Å²) in [4.78, 5) is 24.7. The molecule has 2 rings (SSSR count). The molecule has 0 radical (unpaired) electrons. The van der Waals surface area contributed by atoms with Crippen molar-refractivity contribution in [1.29, 1.82) is 0 Å². The van der Waals surface area contributed by atoms with Crippen molar-refractivity contribution in [1.82, 2.24) is 4.57 Å². The maximum Gasteiger partial charge on any atom is 0.354 e.